The average molecular weight is 354 g/mol. The van der Waals surface area contributed by atoms with Crippen LogP contribution in [0.25, 0.3) is 0 Å². The number of nitrogens with one attached hydrogen (secondary N) is 1. The lowest BCUT2D eigenvalue weighted by atomic mass is 9.71. The molecular formula is C21H20ClNO2. The molecule has 1 N–H and O–H groups in total. The lowest BCUT2D eigenvalue weighted by Crippen LogP contribution is -2.32. The van der Waals surface area contributed by atoms with Gasteiger partial charge in [-0.2, -0.15) is 0 Å². The normalized spacial score (nSPS) is 24.0. The van der Waals surface area contributed by atoms with Crippen LogP contribution >= 0.6 is 11.6 Å². The Balaban J connectivity index is 1.71. The van der Waals surface area contributed by atoms with Gasteiger partial charge in [0.05, 0.1) is 18.7 Å². The first-order chi connectivity index (χ1) is 12.2. The quantitative estimate of drug-likeness (QED) is 0.584. The molecule has 0 unspecified atom stereocenters. The van der Waals surface area contributed by atoms with E-state index in [9.17, 15) is 4.79 Å². The van der Waals surface area contributed by atoms with Gasteiger partial charge in [0.1, 0.15) is 0 Å². The largest absolute Gasteiger partial charge is 0.465 e. The Morgan fingerprint density at radius 3 is 2.76 bits per heavy atom. The smallest absolute Gasteiger partial charge is 0.337 e. The lowest BCUT2D eigenvalue weighted by Gasteiger charge is -2.41. The van der Waals surface area contributed by atoms with E-state index in [1.54, 1.807) is 0 Å². The maximum absolute atomic E-state index is 11.7. The number of fused-ring (bicyclic) bond motifs is 3. The maximum atomic E-state index is 11.7. The van der Waals surface area contributed by atoms with E-state index < -0.39 is 0 Å². The van der Waals surface area contributed by atoms with Gasteiger partial charge in [0.25, 0.3) is 0 Å². The van der Waals surface area contributed by atoms with Crippen molar-refractivity contribution < 1.29 is 9.53 Å². The van der Waals surface area contributed by atoms with Crippen molar-refractivity contribution in [1.29, 1.82) is 0 Å². The standard InChI is InChI=1S/C21H20ClNO2/c1-25-21(24)14-8-6-13(7-9-14)20-17-5-3-2-4-16(17)18-12-15(22)10-11-19(18)23-20/h2,4,6-12,16-17,20,23H,3,5H2,1H3/t16-,17+,20+/m1/s1. The molecule has 1 heterocycles. The highest BCUT2D eigenvalue weighted by molar-refractivity contribution is 6.30. The lowest BCUT2D eigenvalue weighted by molar-refractivity contribution is 0.0600. The van der Waals surface area contributed by atoms with Gasteiger partial charge in [0.15, 0.2) is 0 Å². The Hall–Kier alpha value is -2.26. The number of hydrogen-bond acceptors (Lipinski definition) is 3. The van der Waals surface area contributed by atoms with E-state index in [0.29, 0.717) is 17.4 Å². The van der Waals surface area contributed by atoms with Crippen LogP contribution in [0.2, 0.25) is 5.02 Å². The van der Waals surface area contributed by atoms with Crippen molar-refractivity contribution in [3.8, 4) is 0 Å². The molecule has 0 amide bonds. The third-order valence-corrected chi connectivity index (χ3v) is 5.51. The van der Waals surface area contributed by atoms with Crippen LogP contribution in [0.4, 0.5) is 5.69 Å². The van der Waals surface area contributed by atoms with E-state index in [1.807, 2.05) is 30.3 Å². The van der Waals surface area contributed by atoms with E-state index in [0.717, 1.165) is 23.6 Å². The summed E-state index contributed by atoms with van der Waals surface area (Å²) in [7, 11) is 1.40. The predicted molar refractivity (Wildman–Crippen MR) is 100 cm³/mol. The number of methoxy groups -OCH3 is 1. The van der Waals surface area contributed by atoms with Crippen LogP contribution in [0.5, 0.6) is 0 Å². The molecule has 4 rings (SSSR count). The molecule has 2 aromatic carbocycles. The highest BCUT2D eigenvalue weighted by atomic mass is 35.5. The number of rotatable bonds is 2. The highest BCUT2D eigenvalue weighted by Gasteiger charge is 2.37. The summed E-state index contributed by atoms with van der Waals surface area (Å²) in [6, 6.07) is 14.0. The van der Waals surface area contributed by atoms with Gasteiger partial charge in [0.2, 0.25) is 0 Å². The number of esters is 1. The zero-order valence-corrected chi connectivity index (χ0v) is 14.8. The van der Waals surface area contributed by atoms with Crippen molar-refractivity contribution in [1.82, 2.24) is 0 Å². The highest BCUT2D eigenvalue weighted by Crippen LogP contribution is 2.49. The topological polar surface area (TPSA) is 38.3 Å². The molecule has 25 heavy (non-hydrogen) atoms. The molecule has 0 spiro atoms. The van der Waals surface area contributed by atoms with Gasteiger partial charge in [-0.1, -0.05) is 35.9 Å². The summed E-state index contributed by atoms with van der Waals surface area (Å²) in [5, 5.41) is 4.47. The van der Waals surface area contributed by atoms with Crippen LogP contribution in [0.3, 0.4) is 0 Å². The summed E-state index contributed by atoms with van der Waals surface area (Å²) in [6.45, 7) is 0. The number of hydrogen-bond donors (Lipinski definition) is 1. The van der Waals surface area contributed by atoms with Crippen LogP contribution in [0.1, 0.15) is 46.3 Å². The summed E-state index contributed by atoms with van der Waals surface area (Å²) >= 11 is 6.23. The molecule has 2 aliphatic rings. The molecular weight excluding hydrogens is 334 g/mol. The molecule has 0 radical (unpaired) electrons. The van der Waals surface area contributed by atoms with Crippen molar-refractivity contribution in [2.24, 2.45) is 5.92 Å². The zero-order chi connectivity index (χ0) is 17.4. The van der Waals surface area contributed by atoms with Gasteiger partial charge < -0.3 is 10.1 Å². The SMILES string of the molecule is COC(=O)c1ccc([C@@H]2Nc3ccc(Cl)cc3[C@@H]3C=CCC[C@@H]32)cc1. The fourth-order valence-electron chi connectivity index (χ4n) is 4.05. The Morgan fingerprint density at radius 1 is 1.20 bits per heavy atom. The number of halogens is 1. The summed E-state index contributed by atoms with van der Waals surface area (Å²) in [5.41, 5.74) is 4.18. The van der Waals surface area contributed by atoms with Crippen molar-refractivity contribution in [2.45, 2.75) is 24.8 Å². The molecule has 0 saturated carbocycles. The minimum Gasteiger partial charge on any atom is -0.465 e. The maximum Gasteiger partial charge on any atom is 0.337 e. The van der Waals surface area contributed by atoms with Gasteiger partial charge in [0, 0.05) is 16.6 Å². The minimum atomic E-state index is -0.304. The molecule has 0 fully saturated rings. The second-order valence-corrected chi connectivity index (χ2v) is 7.10. The molecule has 0 saturated heterocycles. The molecule has 3 atom stereocenters. The summed E-state index contributed by atoms with van der Waals surface area (Å²) in [5.74, 6) is 0.538. The van der Waals surface area contributed by atoms with Crippen LogP contribution in [-0.2, 0) is 4.74 Å². The van der Waals surface area contributed by atoms with Crippen LogP contribution in [0.15, 0.2) is 54.6 Å². The first-order valence-corrected chi connectivity index (χ1v) is 8.96. The van der Waals surface area contributed by atoms with Gasteiger partial charge in [-0.3, -0.25) is 0 Å². The number of anilines is 1. The first-order valence-electron chi connectivity index (χ1n) is 8.58. The Kier molecular flexibility index (Phi) is 4.26. The minimum absolute atomic E-state index is 0.218. The van der Waals surface area contributed by atoms with E-state index >= 15 is 0 Å². The van der Waals surface area contributed by atoms with E-state index in [-0.39, 0.29) is 12.0 Å². The second-order valence-electron chi connectivity index (χ2n) is 6.66. The molecule has 0 bridgehead atoms. The van der Waals surface area contributed by atoms with Crippen molar-refractivity contribution in [3.63, 3.8) is 0 Å². The fourth-order valence-corrected chi connectivity index (χ4v) is 4.23. The molecule has 1 aliphatic heterocycles. The number of carbonyl (C=O) groups excluding carboxylic acids is 1. The summed E-state index contributed by atoms with van der Waals surface area (Å²) in [6.07, 6.45) is 6.81. The van der Waals surface area contributed by atoms with E-state index in [4.69, 9.17) is 16.3 Å². The molecule has 1 aliphatic carbocycles. The van der Waals surface area contributed by atoms with Gasteiger partial charge in [-0.15, -0.1) is 0 Å². The molecule has 128 valence electrons. The zero-order valence-electron chi connectivity index (χ0n) is 14.0. The monoisotopic (exact) mass is 353 g/mol. The Labute approximate surface area is 152 Å². The fraction of sp³-hybridized carbons (Fsp3) is 0.286. The van der Waals surface area contributed by atoms with Crippen molar-refractivity contribution >= 4 is 23.3 Å². The summed E-state index contributed by atoms with van der Waals surface area (Å²) < 4.78 is 4.79. The van der Waals surface area contributed by atoms with Crippen molar-refractivity contribution in [3.05, 3.63) is 76.3 Å². The number of allylic oxidation sites excluding steroid dienone is 2. The van der Waals surface area contributed by atoms with Crippen LogP contribution in [-0.4, -0.2) is 13.1 Å². The van der Waals surface area contributed by atoms with Gasteiger partial charge in [-0.05, 0) is 60.2 Å². The summed E-state index contributed by atoms with van der Waals surface area (Å²) in [4.78, 5) is 11.7. The second kappa shape index (κ2) is 6.57. The molecule has 2 aromatic rings. The van der Waals surface area contributed by atoms with E-state index in [1.165, 1.54) is 18.2 Å². The van der Waals surface area contributed by atoms with Gasteiger partial charge >= 0.3 is 5.97 Å². The number of ether oxygens (including phenoxy) is 1. The van der Waals surface area contributed by atoms with Crippen LogP contribution in [0, 0.1) is 5.92 Å². The first kappa shape index (κ1) is 16.2. The molecule has 0 aromatic heterocycles. The van der Waals surface area contributed by atoms with Crippen LogP contribution < -0.4 is 5.32 Å². The third kappa shape index (κ3) is 2.93. The number of carbonyl (C=O) groups is 1. The molecule has 4 heteroatoms. The number of benzene rings is 2. The average Bonchev–Trinajstić information content (AvgIpc) is 2.67. The predicted octanol–water partition coefficient (Wildman–Crippen LogP) is 5.34. The Morgan fingerprint density at radius 2 is 2.00 bits per heavy atom. The molecule has 3 nitrogen and oxygen atoms in total. The third-order valence-electron chi connectivity index (χ3n) is 5.27. The van der Waals surface area contributed by atoms with Crippen molar-refractivity contribution in [2.75, 3.05) is 12.4 Å². The van der Waals surface area contributed by atoms with Gasteiger partial charge in [-0.25, -0.2) is 4.79 Å². The Bertz CT molecular complexity index is 828. The van der Waals surface area contributed by atoms with E-state index in [2.05, 4.69) is 29.6 Å².